The summed E-state index contributed by atoms with van der Waals surface area (Å²) in [6, 6.07) is 4.34. The summed E-state index contributed by atoms with van der Waals surface area (Å²) in [6.45, 7) is 10.7. The van der Waals surface area contributed by atoms with Gasteiger partial charge in [-0.05, 0) is 63.7 Å². The van der Waals surface area contributed by atoms with Crippen LogP contribution in [0.1, 0.15) is 31.2 Å². The number of piperazine rings is 1. The molecule has 2 fully saturated rings. The number of hydrogen-bond acceptors (Lipinski definition) is 4. The monoisotopic (exact) mass is 316 g/mol. The molecule has 0 N–H and O–H groups in total. The van der Waals surface area contributed by atoms with Gasteiger partial charge in [0, 0.05) is 45.5 Å². The van der Waals surface area contributed by atoms with Crippen LogP contribution in [0.3, 0.4) is 0 Å². The highest BCUT2D eigenvalue weighted by atomic mass is 15.2. The van der Waals surface area contributed by atoms with Crippen molar-refractivity contribution in [2.24, 2.45) is 5.92 Å². The second-order valence-electron chi connectivity index (χ2n) is 7.41. The van der Waals surface area contributed by atoms with E-state index in [1.165, 1.54) is 77.1 Å². The van der Waals surface area contributed by atoms with E-state index in [0.29, 0.717) is 0 Å². The zero-order chi connectivity index (χ0) is 16.1. The molecule has 0 radical (unpaired) electrons. The molecule has 0 spiro atoms. The van der Waals surface area contributed by atoms with Gasteiger partial charge in [-0.25, -0.2) is 4.98 Å². The lowest BCUT2D eigenvalue weighted by Crippen LogP contribution is -2.44. The van der Waals surface area contributed by atoms with Crippen molar-refractivity contribution in [2.75, 3.05) is 57.8 Å². The first-order valence-electron chi connectivity index (χ1n) is 9.29. The first-order chi connectivity index (χ1) is 11.2. The number of likely N-dealkylation sites (N-methyl/N-ethyl adjacent to an activating group) is 1. The molecule has 2 aliphatic rings. The summed E-state index contributed by atoms with van der Waals surface area (Å²) >= 11 is 0. The van der Waals surface area contributed by atoms with Crippen LogP contribution in [0.2, 0.25) is 0 Å². The van der Waals surface area contributed by atoms with Crippen LogP contribution in [0.25, 0.3) is 0 Å². The van der Waals surface area contributed by atoms with Gasteiger partial charge in [-0.1, -0.05) is 6.07 Å². The fraction of sp³-hybridized carbons (Fsp3) is 0.737. The molecule has 3 heterocycles. The van der Waals surface area contributed by atoms with Gasteiger partial charge in [0.25, 0.3) is 0 Å². The summed E-state index contributed by atoms with van der Waals surface area (Å²) < 4.78 is 0. The summed E-state index contributed by atoms with van der Waals surface area (Å²) in [7, 11) is 2.23. The maximum Gasteiger partial charge on any atom is 0.128 e. The second-order valence-corrected chi connectivity index (χ2v) is 7.41. The van der Waals surface area contributed by atoms with Crippen molar-refractivity contribution in [2.45, 2.75) is 32.6 Å². The van der Waals surface area contributed by atoms with E-state index in [0.717, 1.165) is 11.7 Å². The lowest BCUT2D eigenvalue weighted by molar-refractivity contribution is 0.149. The summed E-state index contributed by atoms with van der Waals surface area (Å²) in [6.07, 6.45) is 7.42. The van der Waals surface area contributed by atoms with Gasteiger partial charge in [-0.15, -0.1) is 0 Å². The molecule has 0 amide bonds. The molecule has 0 atom stereocenters. The highest BCUT2D eigenvalue weighted by Gasteiger charge is 2.20. The zero-order valence-electron chi connectivity index (χ0n) is 14.9. The Morgan fingerprint density at radius 1 is 1.04 bits per heavy atom. The second kappa shape index (κ2) is 8.11. The Bertz CT molecular complexity index is 457. The number of aryl methyl sites for hydroxylation is 1. The lowest BCUT2D eigenvalue weighted by Gasteiger charge is -2.34. The van der Waals surface area contributed by atoms with Crippen molar-refractivity contribution < 1.29 is 0 Å². The number of rotatable bonds is 5. The smallest absolute Gasteiger partial charge is 0.128 e. The summed E-state index contributed by atoms with van der Waals surface area (Å²) in [5.74, 6) is 2.08. The molecule has 3 rings (SSSR count). The molecule has 0 saturated carbocycles. The van der Waals surface area contributed by atoms with Crippen LogP contribution in [0.15, 0.2) is 18.3 Å². The zero-order valence-corrected chi connectivity index (χ0v) is 14.9. The van der Waals surface area contributed by atoms with Crippen LogP contribution in [0, 0.1) is 12.8 Å². The number of piperidine rings is 1. The number of aromatic nitrogens is 1. The van der Waals surface area contributed by atoms with E-state index in [2.05, 4.69) is 45.8 Å². The molecule has 0 aliphatic carbocycles. The predicted molar refractivity (Wildman–Crippen MR) is 97.1 cm³/mol. The first kappa shape index (κ1) is 16.7. The SMILES string of the molecule is Cc1ccc(N2CCC(CCCN3CCN(C)CC3)CC2)nc1. The van der Waals surface area contributed by atoms with Crippen molar-refractivity contribution in [3.05, 3.63) is 23.9 Å². The minimum absolute atomic E-state index is 0.921. The number of pyridine rings is 1. The van der Waals surface area contributed by atoms with Crippen molar-refractivity contribution >= 4 is 5.82 Å². The third kappa shape index (κ3) is 4.92. The molecule has 0 bridgehead atoms. The quantitative estimate of drug-likeness (QED) is 0.833. The van der Waals surface area contributed by atoms with Gasteiger partial charge in [0.15, 0.2) is 0 Å². The Hall–Kier alpha value is -1.13. The molecular formula is C19H32N4. The number of nitrogens with zero attached hydrogens (tertiary/aromatic N) is 4. The fourth-order valence-electron chi connectivity index (χ4n) is 3.77. The third-order valence-corrected chi connectivity index (χ3v) is 5.52. The highest BCUT2D eigenvalue weighted by molar-refractivity contribution is 5.39. The van der Waals surface area contributed by atoms with E-state index in [-0.39, 0.29) is 0 Å². The molecule has 1 aromatic heterocycles. The maximum atomic E-state index is 4.57. The Morgan fingerprint density at radius 3 is 2.43 bits per heavy atom. The Kier molecular flexibility index (Phi) is 5.90. The lowest BCUT2D eigenvalue weighted by atomic mass is 9.92. The highest BCUT2D eigenvalue weighted by Crippen LogP contribution is 2.25. The van der Waals surface area contributed by atoms with Gasteiger partial charge in [0.2, 0.25) is 0 Å². The van der Waals surface area contributed by atoms with Gasteiger partial charge in [0.05, 0.1) is 0 Å². The molecule has 1 aromatic rings. The Morgan fingerprint density at radius 2 is 1.78 bits per heavy atom. The van der Waals surface area contributed by atoms with Gasteiger partial charge in [-0.3, -0.25) is 0 Å². The van der Waals surface area contributed by atoms with Crippen LogP contribution in [-0.4, -0.2) is 67.6 Å². The van der Waals surface area contributed by atoms with Crippen molar-refractivity contribution in [1.82, 2.24) is 14.8 Å². The standard InChI is InChI=1S/C19H32N4/c1-17-5-6-19(20-16-17)23-10-7-18(8-11-23)4-3-9-22-14-12-21(2)13-15-22/h5-6,16,18H,3-4,7-15H2,1-2H3. The molecule has 4 heteroatoms. The molecule has 2 saturated heterocycles. The van der Waals surface area contributed by atoms with Crippen molar-refractivity contribution in [1.29, 1.82) is 0 Å². The minimum atomic E-state index is 0.921. The molecule has 23 heavy (non-hydrogen) atoms. The normalized spacial score (nSPS) is 21.7. The van der Waals surface area contributed by atoms with Gasteiger partial charge < -0.3 is 14.7 Å². The van der Waals surface area contributed by atoms with E-state index in [4.69, 9.17) is 0 Å². The molecule has 2 aliphatic heterocycles. The van der Waals surface area contributed by atoms with Crippen LogP contribution >= 0.6 is 0 Å². The average Bonchev–Trinajstić information content (AvgIpc) is 2.58. The molecule has 0 unspecified atom stereocenters. The number of hydrogen-bond donors (Lipinski definition) is 0. The van der Waals surface area contributed by atoms with Crippen molar-refractivity contribution in [3.8, 4) is 0 Å². The molecule has 0 aromatic carbocycles. The fourth-order valence-corrected chi connectivity index (χ4v) is 3.77. The summed E-state index contributed by atoms with van der Waals surface area (Å²) in [5, 5.41) is 0. The molecule has 4 nitrogen and oxygen atoms in total. The largest absolute Gasteiger partial charge is 0.357 e. The average molecular weight is 316 g/mol. The predicted octanol–water partition coefficient (Wildman–Crippen LogP) is 2.63. The molecular weight excluding hydrogens is 284 g/mol. The number of anilines is 1. The third-order valence-electron chi connectivity index (χ3n) is 5.52. The van der Waals surface area contributed by atoms with E-state index in [9.17, 15) is 0 Å². The first-order valence-corrected chi connectivity index (χ1v) is 9.29. The van der Waals surface area contributed by atoms with E-state index >= 15 is 0 Å². The summed E-state index contributed by atoms with van der Waals surface area (Å²) in [4.78, 5) is 12.1. The van der Waals surface area contributed by atoms with E-state index in [1.54, 1.807) is 0 Å². The minimum Gasteiger partial charge on any atom is -0.357 e. The van der Waals surface area contributed by atoms with Gasteiger partial charge >= 0.3 is 0 Å². The molecule has 128 valence electrons. The van der Waals surface area contributed by atoms with Gasteiger partial charge in [0.1, 0.15) is 5.82 Å². The van der Waals surface area contributed by atoms with E-state index in [1.807, 2.05) is 6.20 Å². The van der Waals surface area contributed by atoms with Gasteiger partial charge in [-0.2, -0.15) is 0 Å². The Balaban J connectivity index is 1.34. The topological polar surface area (TPSA) is 22.6 Å². The van der Waals surface area contributed by atoms with Crippen LogP contribution in [-0.2, 0) is 0 Å². The van der Waals surface area contributed by atoms with Crippen LogP contribution in [0.4, 0.5) is 5.82 Å². The Labute approximate surface area is 141 Å². The van der Waals surface area contributed by atoms with Crippen LogP contribution in [0.5, 0.6) is 0 Å². The van der Waals surface area contributed by atoms with Crippen LogP contribution < -0.4 is 4.90 Å². The maximum absolute atomic E-state index is 4.57. The van der Waals surface area contributed by atoms with E-state index < -0.39 is 0 Å². The summed E-state index contributed by atoms with van der Waals surface area (Å²) in [5.41, 5.74) is 1.24. The van der Waals surface area contributed by atoms with Crippen molar-refractivity contribution in [3.63, 3.8) is 0 Å².